The van der Waals surface area contributed by atoms with E-state index in [1.807, 2.05) is 6.07 Å². The molecule has 1 aliphatic carbocycles. The van der Waals surface area contributed by atoms with Gasteiger partial charge in [-0.2, -0.15) is 0 Å². The van der Waals surface area contributed by atoms with Crippen LogP contribution in [0.5, 0.6) is 0 Å². The number of carbonyl (C=O) groups is 2. The smallest absolute Gasteiger partial charge is 0.337 e. The van der Waals surface area contributed by atoms with Crippen molar-refractivity contribution in [1.29, 1.82) is 0 Å². The Morgan fingerprint density at radius 2 is 2.05 bits per heavy atom. The zero-order valence-electron chi connectivity index (χ0n) is 10.4. The number of carboxylic acids is 1. The number of carbonyl (C=O) groups excluding carboxylic acids is 1. The molecule has 0 aromatic heterocycles. The van der Waals surface area contributed by atoms with Crippen molar-refractivity contribution in [2.75, 3.05) is 11.1 Å². The lowest BCUT2D eigenvalue weighted by Crippen LogP contribution is -2.35. The Hall–Kier alpha value is -1.49. The van der Waals surface area contributed by atoms with Gasteiger partial charge in [-0.25, -0.2) is 4.79 Å². The highest BCUT2D eigenvalue weighted by Crippen LogP contribution is 2.47. The number of carboxylic acid groups (broad SMARTS) is 1. The molecule has 1 aliphatic heterocycles. The number of amides is 1. The van der Waals surface area contributed by atoms with Crippen LogP contribution in [0.3, 0.4) is 0 Å². The molecule has 2 N–H and O–H groups in total. The summed E-state index contributed by atoms with van der Waals surface area (Å²) in [6, 6.07) is 5.14. The summed E-state index contributed by atoms with van der Waals surface area (Å²) >= 11 is 1.59. The number of aromatic carboxylic acids is 1. The van der Waals surface area contributed by atoms with E-state index < -0.39 is 5.97 Å². The second-order valence-electron chi connectivity index (χ2n) is 5.21. The number of nitrogens with one attached hydrogen (secondary N) is 1. The van der Waals surface area contributed by atoms with Gasteiger partial charge in [-0.3, -0.25) is 4.79 Å². The Labute approximate surface area is 115 Å². The third-order valence-corrected chi connectivity index (χ3v) is 5.39. The molecule has 1 heterocycles. The molecule has 1 aromatic carbocycles. The molecule has 0 unspecified atom stereocenters. The topological polar surface area (TPSA) is 66.4 Å². The molecule has 2 aliphatic rings. The Kier molecular flexibility index (Phi) is 3.01. The van der Waals surface area contributed by atoms with Gasteiger partial charge in [-0.1, -0.05) is 18.9 Å². The van der Waals surface area contributed by atoms with Gasteiger partial charge < -0.3 is 10.4 Å². The number of benzene rings is 1. The van der Waals surface area contributed by atoms with Crippen LogP contribution in [0, 0.1) is 5.41 Å². The fourth-order valence-electron chi connectivity index (χ4n) is 2.91. The molecule has 1 amide bonds. The van der Waals surface area contributed by atoms with Gasteiger partial charge in [0.15, 0.2) is 0 Å². The van der Waals surface area contributed by atoms with Crippen LogP contribution < -0.4 is 5.32 Å². The molecule has 1 saturated carbocycles. The Bertz CT molecular complexity index is 550. The second kappa shape index (κ2) is 4.56. The lowest BCUT2D eigenvalue weighted by Gasteiger charge is -2.24. The molecule has 19 heavy (non-hydrogen) atoms. The van der Waals surface area contributed by atoms with Gasteiger partial charge in [0, 0.05) is 10.6 Å². The molecule has 1 spiro atoms. The van der Waals surface area contributed by atoms with Gasteiger partial charge in [0.1, 0.15) is 0 Å². The zero-order chi connectivity index (χ0) is 13.5. The van der Waals surface area contributed by atoms with Crippen molar-refractivity contribution in [2.45, 2.75) is 30.6 Å². The second-order valence-corrected chi connectivity index (χ2v) is 6.23. The predicted octanol–water partition coefficient (Wildman–Crippen LogP) is 2.99. The van der Waals surface area contributed by atoms with Gasteiger partial charge >= 0.3 is 5.97 Å². The first-order valence-electron chi connectivity index (χ1n) is 6.43. The number of thioether (sulfide) groups is 1. The largest absolute Gasteiger partial charge is 0.478 e. The summed E-state index contributed by atoms with van der Waals surface area (Å²) in [5.41, 5.74) is 0.335. The third-order valence-electron chi connectivity index (χ3n) is 4.04. The van der Waals surface area contributed by atoms with Gasteiger partial charge in [-0.15, -0.1) is 11.8 Å². The SMILES string of the molecule is O=C(O)c1cccc2c1NC(=O)C1(CCCC1)CS2. The molecule has 5 heteroatoms. The fourth-order valence-corrected chi connectivity index (χ4v) is 4.24. The molecule has 0 radical (unpaired) electrons. The lowest BCUT2D eigenvalue weighted by atomic mass is 9.87. The van der Waals surface area contributed by atoms with E-state index in [2.05, 4.69) is 5.32 Å². The van der Waals surface area contributed by atoms with Crippen molar-refractivity contribution in [3.63, 3.8) is 0 Å². The van der Waals surface area contributed by atoms with Crippen LogP contribution in [0.1, 0.15) is 36.0 Å². The fraction of sp³-hybridized carbons (Fsp3) is 0.429. The summed E-state index contributed by atoms with van der Waals surface area (Å²) in [5.74, 6) is -0.264. The summed E-state index contributed by atoms with van der Waals surface area (Å²) in [6.45, 7) is 0. The molecule has 0 atom stereocenters. The van der Waals surface area contributed by atoms with Gasteiger partial charge in [0.2, 0.25) is 5.91 Å². The summed E-state index contributed by atoms with van der Waals surface area (Å²) in [6.07, 6.45) is 3.97. The van der Waals surface area contributed by atoms with Gasteiger partial charge in [-0.05, 0) is 25.0 Å². The molecular formula is C14H15NO3S. The molecule has 0 bridgehead atoms. The Morgan fingerprint density at radius 1 is 1.32 bits per heavy atom. The maximum atomic E-state index is 12.5. The van der Waals surface area contributed by atoms with E-state index in [1.54, 1.807) is 17.8 Å². The monoisotopic (exact) mass is 277 g/mol. The van der Waals surface area contributed by atoms with E-state index >= 15 is 0 Å². The molecular weight excluding hydrogens is 262 g/mol. The Balaban J connectivity index is 2.02. The van der Waals surface area contributed by atoms with Crippen LogP contribution in [-0.2, 0) is 4.79 Å². The highest BCUT2D eigenvalue weighted by Gasteiger charge is 2.43. The average Bonchev–Trinajstić information content (AvgIpc) is 2.81. The van der Waals surface area contributed by atoms with Crippen LogP contribution in [0.15, 0.2) is 23.1 Å². The zero-order valence-corrected chi connectivity index (χ0v) is 11.3. The van der Waals surface area contributed by atoms with Gasteiger partial charge in [0.05, 0.1) is 16.7 Å². The highest BCUT2D eigenvalue weighted by atomic mass is 32.2. The lowest BCUT2D eigenvalue weighted by molar-refractivity contribution is -0.124. The van der Waals surface area contributed by atoms with E-state index in [-0.39, 0.29) is 16.9 Å². The number of fused-ring (bicyclic) bond motifs is 1. The van der Waals surface area contributed by atoms with Gasteiger partial charge in [0.25, 0.3) is 0 Å². The van der Waals surface area contributed by atoms with E-state index in [4.69, 9.17) is 0 Å². The van der Waals surface area contributed by atoms with Crippen molar-refractivity contribution in [2.24, 2.45) is 5.41 Å². The number of hydrogen-bond donors (Lipinski definition) is 2. The summed E-state index contributed by atoms with van der Waals surface area (Å²) in [4.78, 5) is 24.6. The molecule has 1 aromatic rings. The third kappa shape index (κ3) is 2.02. The Morgan fingerprint density at radius 3 is 2.74 bits per heavy atom. The first kappa shape index (κ1) is 12.5. The summed E-state index contributed by atoms with van der Waals surface area (Å²) < 4.78 is 0. The van der Waals surface area contributed by atoms with Crippen LogP contribution in [-0.4, -0.2) is 22.7 Å². The minimum atomic E-state index is -1.000. The summed E-state index contributed by atoms with van der Waals surface area (Å²) in [7, 11) is 0. The van der Waals surface area contributed by atoms with Crippen molar-refractivity contribution >= 4 is 29.3 Å². The quantitative estimate of drug-likeness (QED) is 0.828. The highest BCUT2D eigenvalue weighted by molar-refractivity contribution is 7.99. The predicted molar refractivity (Wildman–Crippen MR) is 73.7 cm³/mol. The molecule has 0 saturated heterocycles. The van der Waals surface area contributed by atoms with E-state index in [1.165, 1.54) is 6.07 Å². The average molecular weight is 277 g/mol. The number of hydrogen-bond acceptors (Lipinski definition) is 3. The maximum Gasteiger partial charge on any atom is 0.337 e. The summed E-state index contributed by atoms with van der Waals surface area (Å²) in [5, 5.41) is 12.1. The maximum absolute atomic E-state index is 12.5. The first-order valence-corrected chi connectivity index (χ1v) is 7.41. The normalized spacial score (nSPS) is 20.7. The minimum absolute atomic E-state index is 0.00931. The first-order chi connectivity index (χ1) is 9.12. The van der Waals surface area contributed by atoms with E-state index in [0.717, 1.165) is 36.3 Å². The number of anilines is 1. The number of rotatable bonds is 1. The van der Waals surface area contributed by atoms with Crippen LogP contribution in [0.25, 0.3) is 0 Å². The number of para-hydroxylation sites is 1. The van der Waals surface area contributed by atoms with Crippen molar-refractivity contribution in [1.82, 2.24) is 0 Å². The molecule has 1 fully saturated rings. The molecule has 100 valence electrons. The van der Waals surface area contributed by atoms with E-state index in [0.29, 0.717) is 5.69 Å². The van der Waals surface area contributed by atoms with Crippen LogP contribution in [0.4, 0.5) is 5.69 Å². The minimum Gasteiger partial charge on any atom is -0.478 e. The van der Waals surface area contributed by atoms with Crippen molar-refractivity contribution in [3.05, 3.63) is 23.8 Å². The molecule has 4 nitrogen and oxygen atoms in total. The van der Waals surface area contributed by atoms with Crippen LogP contribution >= 0.6 is 11.8 Å². The van der Waals surface area contributed by atoms with Crippen LogP contribution in [0.2, 0.25) is 0 Å². The van der Waals surface area contributed by atoms with E-state index in [9.17, 15) is 14.7 Å². The van der Waals surface area contributed by atoms with Crippen molar-refractivity contribution < 1.29 is 14.7 Å². The standard InChI is InChI=1S/C14H15NO3S/c16-12(17)9-4-3-5-10-11(9)15-13(18)14(8-19-10)6-1-2-7-14/h3-5H,1-2,6-8H2,(H,15,18)(H,16,17). The van der Waals surface area contributed by atoms with Crippen molar-refractivity contribution in [3.8, 4) is 0 Å². The molecule has 3 rings (SSSR count).